The Labute approximate surface area is 140 Å². The van der Waals surface area contributed by atoms with Crippen molar-refractivity contribution in [3.05, 3.63) is 41.7 Å². The summed E-state index contributed by atoms with van der Waals surface area (Å²) < 4.78 is 8.27. The van der Waals surface area contributed by atoms with Gasteiger partial charge in [0, 0.05) is 30.0 Å². The zero-order chi connectivity index (χ0) is 17.0. The van der Waals surface area contributed by atoms with Crippen LogP contribution in [0.4, 0.5) is 0 Å². The number of aromatic nitrogens is 2. The molecule has 0 aliphatic rings. The lowest BCUT2D eigenvalue weighted by Crippen LogP contribution is -2.38. The van der Waals surface area contributed by atoms with Crippen LogP contribution in [-0.4, -0.2) is 35.1 Å². The largest absolute Gasteiger partial charge is 0.396 e. The Morgan fingerprint density at radius 2 is 1.87 bits per heavy atom. The minimum Gasteiger partial charge on any atom is -0.396 e. The lowest BCUT2D eigenvalue weighted by Gasteiger charge is -2.26. The predicted octanol–water partition coefficient (Wildman–Crippen LogP) is 3.63. The molecule has 126 valence electrons. The standard InChI is InChI=1S/C18H28N2O2Si/c1-14-17(11-12-21)20(13-22-15(2)23(3,4)5)18(19-14)16-9-7-6-8-10-16/h6-10,15,21H,11-13H2,1-5H3. The first-order chi connectivity index (χ1) is 10.8. The van der Waals surface area contributed by atoms with Crippen LogP contribution in [0.25, 0.3) is 11.4 Å². The molecule has 5 heteroatoms. The molecule has 1 aromatic carbocycles. The molecule has 2 aromatic rings. The second-order valence-corrected chi connectivity index (χ2v) is 12.6. The summed E-state index contributed by atoms with van der Waals surface area (Å²) in [4.78, 5) is 4.72. The lowest BCUT2D eigenvalue weighted by atomic mass is 10.2. The second-order valence-electron chi connectivity index (χ2n) is 7.04. The molecule has 0 bridgehead atoms. The maximum atomic E-state index is 9.38. The fourth-order valence-corrected chi connectivity index (χ4v) is 2.99. The Morgan fingerprint density at radius 3 is 2.43 bits per heavy atom. The van der Waals surface area contributed by atoms with Crippen LogP contribution in [0, 0.1) is 6.92 Å². The van der Waals surface area contributed by atoms with E-state index in [1.165, 1.54) is 0 Å². The van der Waals surface area contributed by atoms with Crippen LogP contribution in [0.3, 0.4) is 0 Å². The molecule has 23 heavy (non-hydrogen) atoms. The molecule has 1 atom stereocenters. The highest BCUT2D eigenvalue weighted by Gasteiger charge is 2.24. The van der Waals surface area contributed by atoms with Crippen LogP contribution in [0.1, 0.15) is 18.3 Å². The minimum atomic E-state index is -1.35. The summed E-state index contributed by atoms with van der Waals surface area (Å²) >= 11 is 0. The second kappa shape index (κ2) is 7.42. The molecule has 0 aliphatic carbocycles. The van der Waals surface area contributed by atoms with Crippen molar-refractivity contribution in [3.8, 4) is 11.4 Å². The first-order valence-electron chi connectivity index (χ1n) is 8.18. The Morgan fingerprint density at radius 1 is 1.22 bits per heavy atom. The third kappa shape index (κ3) is 4.31. The van der Waals surface area contributed by atoms with E-state index in [1.54, 1.807) is 0 Å². The van der Waals surface area contributed by atoms with Crippen molar-refractivity contribution in [2.45, 2.75) is 52.4 Å². The first-order valence-corrected chi connectivity index (χ1v) is 11.8. The van der Waals surface area contributed by atoms with Crippen molar-refractivity contribution in [1.29, 1.82) is 0 Å². The maximum Gasteiger partial charge on any atom is 0.142 e. The van der Waals surface area contributed by atoms with Gasteiger partial charge in [0.2, 0.25) is 0 Å². The fraction of sp³-hybridized carbons (Fsp3) is 0.500. The van der Waals surface area contributed by atoms with Gasteiger partial charge in [-0.2, -0.15) is 0 Å². The monoisotopic (exact) mass is 332 g/mol. The first kappa shape index (κ1) is 17.9. The van der Waals surface area contributed by atoms with Gasteiger partial charge in [-0.05, 0) is 13.8 Å². The van der Waals surface area contributed by atoms with Gasteiger partial charge in [-0.15, -0.1) is 0 Å². The Bertz CT molecular complexity index is 632. The summed E-state index contributed by atoms with van der Waals surface area (Å²) in [5.41, 5.74) is 3.34. The third-order valence-electron chi connectivity index (χ3n) is 4.33. The van der Waals surface area contributed by atoms with E-state index >= 15 is 0 Å². The van der Waals surface area contributed by atoms with Gasteiger partial charge in [0.25, 0.3) is 0 Å². The average molecular weight is 333 g/mol. The van der Waals surface area contributed by atoms with Crippen molar-refractivity contribution < 1.29 is 9.84 Å². The molecular formula is C18H28N2O2Si. The molecule has 0 fully saturated rings. The molecule has 4 nitrogen and oxygen atoms in total. The summed E-state index contributed by atoms with van der Waals surface area (Å²) in [5.74, 6) is 0.911. The third-order valence-corrected chi connectivity index (χ3v) is 6.93. The van der Waals surface area contributed by atoms with Crippen LogP contribution in [0.5, 0.6) is 0 Å². The molecule has 0 saturated carbocycles. The van der Waals surface area contributed by atoms with Gasteiger partial charge in [-0.1, -0.05) is 50.0 Å². The summed E-state index contributed by atoms with van der Waals surface area (Å²) in [7, 11) is -1.35. The number of imidazole rings is 1. The number of aliphatic hydroxyl groups is 1. The van der Waals surface area contributed by atoms with E-state index in [0.29, 0.717) is 13.2 Å². The summed E-state index contributed by atoms with van der Waals surface area (Å²) in [6.45, 7) is 11.7. The van der Waals surface area contributed by atoms with Crippen molar-refractivity contribution in [1.82, 2.24) is 9.55 Å². The fourth-order valence-electron chi connectivity index (χ4n) is 2.41. The molecule has 1 aromatic heterocycles. The predicted molar refractivity (Wildman–Crippen MR) is 97.1 cm³/mol. The number of hydrogen-bond donors (Lipinski definition) is 1. The topological polar surface area (TPSA) is 47.3 Å². The number of aryl methyl sites for hydroxylation is 1. The molecular weight excluding hydrogens is 304 g/mol. The van der Waals surface area contributed by atoms with Gasteiger partial charge in [-0.25, -0.2) is 4.98 Å². The average Bonchev–Trinajstić information content (AvgIpc) is 2.82. The molecule has 1 unspecified atom stereocenters. The van der Waals surface area contributed by atoms with Gasteiger partial charge >= 0.3 is 0 Å². The van der Waals surface area contributed by atoms with Crippen LogP contribution in [0.2, 0.25) is 19.6 Å². The normalized spacial score (nSPS) is 13.3. The van der Waals surface area contributed by atoms with E-state index in [4.69, 9.17) is 9.72 Å². The minimum absolute atomic E-state index is 0.115. The van der Waals surface area contributed by atoms with E-state index < -0.39 is 8.07 Å². The number of hydrogen-bond acceptors (Lipinski definition) is 3. The van der Waals surface area contributed by atoms with Crippen LogP contribution >= 0.6 is 0 Å². The summed E-state index contributed by atoms with van der Waals surface area (Å²) in [5, 5.41) is 9.38. The zero-order valence-electron chi connectivity index (χ0n) is 14.8. The van der Waals surface area contributed by atoms with E-state index in [9.17, 15) is 5.11 Å². The van der Waals surface area contributed by atoms with Crippen molar-refractivity contribution >= 4 is 8.07 Å². The number of ether oxygens (including phenoxy) is 1. The number of nitrogens with zero attached hydrogens (tertiary/aromatic N) is 2. The highest BCUT2D eigenvalue weighted by atomic mass is 28.3. The van der Waals surface area contributed by atoms with Crippen LogP contribution in [0.15, 0.2) is 30.3 Å². The summed E-state index contributed by atoms with van der Waals surface area (Å²) in [6, 6.07) is 10.1. The zero-order valence-corrected chi connectivity index (χ0v) is 15.8. The van der Waals surface area contributed by atoms with E-state index in [1.807, 2.05) is 25.1 Å². The maximum absolute atomic E-state index is 9.38. The molecule has 0 saturated heterocycles. The lowest BCUT2D eigenvalue weighted by molar-refractivity contribution is 0.0556. The molecule has 2 rings (SSSR count). The van der Waals surface area contributed by atoms with Gasteiger partial charge in [0.1, 0.15) is 12.6 Å². The highest BCUT2D eigenvalue weighted by molar-refractivity contribution is 6.77. The molecule has 0 amide bonds. The van der Waals surface area contributed by atoms with Crippen LogP contribution in [-0.2, 0) is 17.9 Å². The number of rotatable bonds is 7. The van der Waals surface area contributed by atoms with E-state index in [2.05, 4.69) is 43.3 Å². The Hall–Kier alpha value is -1.43. The van der Waals surface area contributed by atoms with Crippen molar-refractivity contribution in [2.75, 3.05) is 6.61 Å². The van der Waals surface area contributed by atoms with Gasteiger partial charge < -0.3 is 14.4 Å². The quantitative estimate of drug-likeness (QED) is 0.788. The molecule has 0 spiro atoms. The number of benzene rings is 1. The van der Waals surface area contributed by atoms with Gasteiger partial charge in [-0.3, -0.25) is 0 Å². The van der Waals surface area contributed by atoms with Gasteiger partial charge in [0.15, 0.2) is 0 Å². The van der Waals surface area contributed by atoms with Crippen molar-refractivity contribution in [2.24, 2.45) is 0 Å². The molecule has 0 aliphatic heterocycles. The van der Waals surface area contributed by atoms with E-state index in [-0.39, 0.29) is 12.3 Å². The van der Waals surface area contributed by atoms with Gasteiger partial charge in [0.05, 0.1) is 13.8 Å². The SMILES string of the molecule is Cc1nc(-c2ccccc2)n(COC(C)[Si](C)(C)C)c1CCO. The molecule has 1 N–H and O–H groups in total. The van der Waals surface area contributed by atoms with Crippen molar-refractivity contribution in [3.63, 3.8) is 0 Å². The highest BCUT2D eigenvalue weighted by Crippen LogP contribution is 2.23. The molecule has 0 radical (unpaired) electrons. The van der Waals surface area contributed by atoms with Crippen LogP contribution < -0.4 is 0 Å². The van der Waals surface area contributed by atoms with E-state index in [0.717, 1.165) is 22.8 Å². The Kier molecular flexibility index (Phi) is 5.78. The Balaban J connectivity index is 2.35. The summed E-state index contributed by atoms with van der Waals surface area (Å²) in [6.07, 6.45) is 0.594. The smallest absolute Gasteiger partial charge is 0.142 e. The number of aliphatic hydroxyl groups excluding tert-OH is 1. The molecule has 1 heterocycles.